The minimum absolute atomic E-state index is 0.00723. The van der Waals surface area contributed by atoms with Gasteiger partial charge in [-0.25, -0.2) is 4.99 Å². The van der Waals surface area contributed by atoms with Gasteiger partial charge in [-0.15, -0.1) is 0 Å². The number of benzene rings is 1. The number of nitrogens with zero attached hydrogens (tertiary/aromatic N) is 3. The van der Waals surface area contributed by atoms with E-state index in [0.29, 0.717) is 12.1 Å². The van der Waals surface area contributed by atoms with Crippen molar-refractivity contribution < 1.29 is 14.3 Å². The second kappa shape index (κ2) is 7.57. The predicted octanol–water partition coefficient (Wildman–Crippen LogP) is 2.71. The summed E-state index contributed by atoms with van der Waals surface area (Å²) in [6, 6.07) is 7.95. The summed E-state index contributed by atoms with van der Waals surface area (Å²) >= 11 is 0. The van der Waals surface area contributed by atoms with Crippen LogP contribution in [0.15, 0.2) is 23.2 Å². The van der Waals surface area contributed by atoms with Gasteiger partial charge in [0.05, 0.1) is 30.4 Å². The van der Waals surface area contributed by atoms with Crippen molar-refractivity contribution >= 4 is 11.9 Å². The van der Waals surface area contributed by atoms with Crippen LogP contribution in [0.4, 0.5) is 0 Å². The van der Waals surface area contributed by atoms with E-state index in [4.69, 9.17) is 20.2 Å². The molecule has 32 heavy (non-hydrogen) atoms. The van der Waals surface area contributed by atoms with Gasteiger partial charge in [0.1, 0.15) is 0 Å². The van der Waals surface area contributed by atoms with E-state index >= 15 is 0 Å². The molecule has 3 unspecified atom stereocenters. The second-order valence-electron chi connectivity index (χ2n) is 10.2. The number of guanidine groups is 1. The van der Waals surface area contributed by atoms with Crippen LogP contribution in [0.25, 0.3) is 0 Å². The highest BCUT2D eigenvalue weighted by molar-refractivity contribution is 6.08. The van der Waals surface area contributed by atoms with Gasteiger partial charge in [0, 0.05) is 19.1 Å². The van der Waals surface area contributed by atoms with Crippen LogP contribution in [-0.2, 0) is 26.2 Å². The number of carbonyl (C=O) groups excluding carboxylic acids is 1. The highest BCUT2D eigenvalue weighted by Gasteiger charge is 2.68. The van der Waals surface area contributed by atoms with Gasteiger partial charge in [-0.2, -0.15) is 5.26 Å². The first-order valence-electron chi connectivity index (χ1n) is 11.7. The molecule has 7 heteroatoms. The van der Waals surface area contributed by atoms with Crippen LogP contribution in [0.2, 0.25) is 0 Å². The van der Waals surface area contributed by atoms with Gasteiger partial charge in [-0.1, -0.05) is 19.9 Å². The van der Waals surface area contributed by atoms with Gasteiger partial charge in [0.2, 0.25) is 0 Å². The summed E-state index contributed by atoms with van der Waals surface area (Å²) in [6.07, 6.45) is 4.47. The maximum atomic E-state index is 14.3. The minimum atomic E-state index is -1.08. The molecular formula is C25H32N4O3. The summed E-state index contributed by atoms with van der Waals surface area (Å²) in [4.78, 5) is 20.9. The fraction of sp³-hybridized carbons (Fsp3) is 0.640. The van der Waals surface area contributed by atoms with E-state index in [2.05, 4.69) is 19.9 Å². The number of hydrogen-bond donors (Lipinski definition) is 1. The Morgan fingerprint density at radius 3 is 2.72 bits per heavy atom. The summed E-state index contributed by atoms with van der Waals surface area (Å²) in [5.41, 5.74) is 7.49. The Bertz CT molecular complexity index is 997. The van der Waals surface area contributed by atoms with Gasteiger partial charge in [-0.3, -0.25) is 9.69 Å². The molecule has 170 valence electrons. The number of ether oxygens (including phenoxy) is 2. The van der Waals surface area contributed by atoms with E-state index in [-0.39, 0.29) is 41.3 Å². The maximum Gasteiger partial charge on any atom is 0.262 e. The average molecular weight is 437 g/mol. The van der Waals surface area contributed by atoms with Crippen LogP contribution < -0.4 is 5.73 Å². The molecule has 6 atom stereocenters. The largest absolute Gasteiger partial charge is 0.381 e. The first-order chi connectivity index (χ1) is 15.3. The molecule has 2 aliphatic heterocycles. The molecule has 1 aromatic carbocycles. The number of nitrogens with two attached hydrogens (primary N) is 1. The molecule has 2 spiro atoms. The third-order valence-corrected chi connectivity index (χ3v) is 8.27. The molecule has 2 fully saturated rings. The number of carbonyl (C=O) groups is 1. The molecule has 4 aliphatic rings. The second-order valence-corrected chi connectivity index (χ2v) is 10.2. The summed E-state index contributed by atoms with van der Waals surface area (Å²) < 4.78 is 11.6. The summed E-state index contributed by atoms with van der Waals surface area (Å²) in [5.74, 6) is 0.771. The van der Waals surface area contributed by atoms with Gasteiger partial charge >= 0.3 is 0 Å². The molecule has 2 heterocycles. The number of rotatable bonds is 3. The smallest absolute Gasteiger partial charge is 0.262 e. The van der Waals surface area contributed by atoms with Crippen molar-refractivity contribution in [2.75, 3.05) is 20.3 Å². The Morgan fingerprint density at radius 2 is 2.09 bits per heavy atom. The minimum Gasteiger partial charge on any atom is -0.381 e. The number of methoxy groups -OCH3 is 1. The van der Waals surface area contributed by atoms with E-state index in [9.17, 15) is 10.1 Å². The standard InChI is InChI=1S/C25H32N4O3/c1-15-10-24(11-16(2)21(15)31-3)12-18-7-6-17(13-26)9-20(18)25(24)22(30)29(23(27)28-25)14-19-5-4-8-32-19/h6-7,9,15-16,19,21H,4-5,8,10-12,14H2,1-3H3,(H2,27,28)/t15-,16+,19?,21?,24?,25-/m1/s1. The zero-order valence-corrected chi connectivity index (χ0v) is 19.1. The molecule has 2 N–H and O–H groups in total. The maximum absolute atomic E-state index is 14.3. The van der Waals surface area contributed by atoms with Gasteiger partial charge in [-0.05, 0) is 67.2 Å². The lowest BCUT2D eigenvalue weighted by atomic mass is 9.56. The molecule has 2 aliphatic carbocycles. The molecule has 1 aromatic rings. The number of hydrogen-bond acceptors (Lipinski definition) is 6. The van der Waals surface area contributed by atoms with Crippen LogP contribution in [0, 0.1) is 28.6 Å². The Hall–Kier alpha value is -2.43. The average Bonchev–Trinajstić information content (AvgIpc) is 3.42. The van der Waals surface area contributed by atoms with E-state index in [1.54, 1.807) is 12.0 Å². The van der Waals surface area contributed by atoms with Gasteiger partial charge in [0.15, 0.2) is 11.5 Å². The molecule has 1 amide bonds. The van der Waals surface area contributed by atoms with Crippen LogP contribution in [0.3, 0.4) is 0 Å². The molecule has 1 saturated heterocycles. The van der Waals surface area contributed by atoms with Crippen LogP contribution >= 0.6 is 0 Å². The highest BCUT2D eigenvalue weighted by Crippen LogP contribution is 2.63. The Balaban J connectivity index is 1.63. The SMILES string of the molecule is COC1[C@H](C)CC2(Cc3ccc(C#N)cc3[C@]23N=C(N)N(CC2CCCO2)C3=O)C[C@@H]1C. The van der Waals surface area contributed by atoms with Crippen molar-refractivity contribution in [1.29, 1.82) is 5.26 Å². The first kappa shape index (κ1) is 21.4. The van der Waals surface area contributed by atoms with E-state index in [1.165, 1.54) is 0 Å². The van der Waals surface area contributed by atoms with Crippen LogP contribution in [0.5, 0.6) is 0 Å². The number of amides is 1. The van der Waals surface area contributed by atoms with Crippen LogP contribution in [0.1, 0.15) is 56.2 Å². The summed E-state index contributed by atoms with van der Waals surface area (Å²) in [5, 5.41) is 9.57. The van der Waals surface area contributed by atoms with E-state index < -0.39 is 5.54 Å². The zero-order chi connectivity index (χ0) is 22.7. The Morgan fingerprint density at radius 1 is 1.34 bits per heavy atom. The van der Waals surface area contributed by atoms with Crippen molar-refractivity contribution in [2.24, 2.45) is 28.0 Å². The summed E-state index contributed by atoms with van der Waals surface area (Å²) in [7, 11) is 1.77. The van der Waals surface area contributed by atoms with Crippen molar-refractivity contribution in [3.8, 4) is 6.07 Å². The molecule has 0 radical (unpaired) electrons. The topological polar surface area (TPSA) is 101 Å². The first-order valence-corrected chi connectivity index (χ1v) is 11.7. The fourth-order valence-corrected chi connectivity index (χ4v) is 7.20. The van der Waals surface area contributed by atoms with Gasteiger partial charge in [0.25, 0.3) is 5.91 Å². The lowest BCUT2D eigenvalue weighted by Gasteiger charge is -2.50. The molecule has 7 nitrogen and oxygen atoms in total. The van der Waals surface area contributed by atoms with Crippen LogP contribution in [-0.4, -0.2) is 49.2 Å². The quantitative estimate of drug-likeness (QED) is 0.785. The van der Waals surface area contributed by atoms with Crippen molar-refractivity contribution in [3.05, 3.63) is 34.9 Å². The predicted molar refractivity (Wildman–Crippen MR) is 120 cm³/mol. The molecule has 1 saturated carbocycles. The number of aliphatic imine (C=N–C) groups is 1. The Labute approximate surface area is 189 Å². The van der Waals surface area contributed by atoms with Gasteiger partial charge < -0.3 is 15.2 Å². The van der Waals surface area contributed by atoms with Crippen molar-refractivity contribution in [2.45, 2.75) is 63.7 Å². The zero-order valence-electron chi connectivity index (χ0n) is 19.1. The van der Waals surface area contributed by atoms with Crippen molar-refractivity contribution in [1.82, 2.24) is 4.90 Å². The van der Waals surface area contributed by atoms with Crippen molar-refractivity contribution in [3.63, 3.8) is 0 Å². The number of fused-ring (bicyclic) bond motifs is 3. The molecular weight excluding hydrogens is 404 g/mol. The molecule has 5 rings (SSSR count). The lowest BCUT2D eigenvalue weighted by Crippen LogP contribution is -2.56. The monoisotopic (exact) mass is 436 g/mol. The highest BCUT2D eigenvalue weighted by atomic mass is 16.5. The molecule has 0 aromatic heterocycles. The molecule has 0 bridgehead atoms. The van der Waals surface area contributed by atoms with E-state index in [1.807, 2.05) is 18.2 Å². The third kappa shape index (κ3) is 2.85. The fourth-order valence-electron chi connectivity index (χ4n) is 7.20. The Kier molecular flexibility index (Phi) is 5.06. The third-order valence-electron chi connectivity index (χ3n) is 8.27. The summed E-state index contributed by atoms with van der Waals surface area (Å²) in [6.45, 7) is 5.57. The number of nitriles is 1. The van der Waals surface area contributed by atoms with E-state index in [0.717, 1.165) is 49.8 Å². The lowest BCUT2D eigenvalue weighted by molar-refractivity contribution is -0.143. The normalized spacial score (nSPS) is 38.4.